The average molecular weight is 480 g/mol. The second-order valence-corrected chi connectivity index (χ2v) is 8.09. The molecule has 2 heterocycles. The van der Waals surface area contributed by atoms with Crippen molar-refractivity contribution in [3.05, 3.63) is 66.0 Å². The Hall–Kier alpha value is -3.19. The molecule has 0 aliphatic carbocycles. The van der Waals surface area contributed by atoms with Crippen molar-refractivity contribution in [2.75, 3.05) is 13.6 Å². The number of rotatable bonds is 7. The van der Waals surface area contributed by atoms with Crippen molar-refractivity contribution in [2.45, 2.75) is 72.0 Å². The third-order valence-corrected chi connectivity index (χ3v) is 5.98. The molecule has 2 aromatic carbocycles. The maximum Gasteiger partial charge on any atom is 0.246 e. The Morgan fingerprint density at radius 2 is 1.71 bits per heavy atom. The molecule has 1 aliphatic heterocycles. The average Bonchev–Trinajstić information content (AvgIpc) is 3.57. The molecule has 0 spiro atoms. The lowest BCUT2D eigenvalue weighted by Gasteiger charge is -2.29. The number of imidazole rings is 1. The van der Waals surface area contributed by atoms with Crippen LogP contribution in [0.25, 0.3) is 11.0 Å². The number of fused-ring (bicyclic) bond motifs is 1. The molecule has 2 amide bonds. The molecule has 3 atom stereocenters. The van der Waals surface area contributed by atoms with Gasteiger partial charge in [-0.1, -0.05) is 70.2 Å². The van der Waals surface area contributed by atoms with Crippen LogP contribution < -0.4 is 10.6 Å². The molecule has 1 fully saturated rings. The highest BCUT2D eigenvalue weighted by atomic mass is 16.2. The van der Waals surface area contributed by atoms with Crippen molar-refractivity contribution in [1.29, 1.82) is 0 Å². The molecule has 1 saturated heterocycles. The molecule has 7 nitrogen and oxygen atoms in total. The van der Waals surface area contributed by atoms with E-state index in [1.165, 1.54) is 0 Å². The fourth-order valence-electron chi connectivity index (χ4n) is 4.12. The number of nitrogens with zero attached hydrogens (tertiary/aromatic N) is 2. The maximum absolute atomic E-state index is 13.6. The van der Waals surface area contributed by atoms with Crippen LogP contribution in [0.3, 0.4) is 0 Å². The molecule has 1 aromatic heterocycles. The Kier molecular flexibility index (Phi) is 11.4. The van der Waals surface area contributed by atoms with Crippen molar-refractivity contribution >= 4 is 22.8 Å². The van der Waals surface area contributed by atoms with Crippen LogP contribution in [0.5, 0.6) is 0 Å². The molecule has 35 heavy (non-hydrogen) atoms. The number of amides is 2. The molecule has 3 N–H and O–H groups in total. The minimum atomic E-state index is -0.629. The van der Waals surface area contributed by atoms with Crippen LogP contribution in [0.15, 0.2) is 54.6 Å². The SMILES string of the molecule is CC.CC.CN[C@@H](C)C(=O)N[C@@H](Cc1ccccc1)C(=O)N1CCC[C@@H]1c1nc2ccccc2[nH]1. The number of H-pyrrole nitrogens is 1. The highest BCUT2D eigenvalue weighted by molar-refractivity contribution is 5.90. The van der Waals surface area contributed by atoms with Crippen LogP contribution in [0, 0.1) is 0 Å². The quantitative estimate of drug-likeness (QED) is 0.461. The van der Waals surface area contributed by atoms with Crippen molar-refractivity contribution in [3.8, 4) is 0 Å². The van der Waals surface area contributed by atoms with Crippen LogP contribution in [-0.4, -0.2) is 52.4 Å². The van der Waals surface area contributed by atoms with Gasteiger partial charge in [-0.15, -0.1) is 0 Å². The molecule has 0 radical (unpaired) electrons. The number of likely N-dealkylation sites (tertiary alicyclic amines) is 1. The Morgan fingerprint density at radius 1 is 1.06 bits per heavy atom. The van der Waals surface area contributed by atoms with Crippen LogP contribution in [0.2, 0.25) is 0 Å². The van der Waals surface area contributed by atoms with Crippen molar-refractivity contribution < 1.29 is 9.59 Å². The normalized spacial score (nSPS) is 16.4. The molecule has 4 rings (SSSR count). The predicted molar refractivity (Wildman–Crippen MR) is 143 cm³/mol. The maximum atomic E-state index is 13.6. The summed E-state index contributed by atoms with van der Waals surface area (Å²) in [5.41, 5.74) is 2.88. The Labute approximate surface area is 209 Å². The lowest BCUT2D eigenvalue weighted by Crippen LogP contribution is -2.53. The van der Waals surface area contributed by atoms with E-state index in [-0.39, 0.29) is 23.9 Å². The van der Waals surface area contributed by atoms with Crippen LogP contribution >= 0.6 is 0 Å². The first-order valence-electron chi connectivity index (χ1n) is 12.8. The minimum Gasteiger partial charge on any atom is -0.343 e. The zero-order valence-corrected chi connectivity index (χ0v) is 22.0. The molecule has 3 aromatic rings. The number of aromatic nitrogens is 2. The van der Waals surface area contributed by atoms with E-state index in [1.807, 2.05) is 87.2 Å². The van der Waals surface area contributed by atoms with Crippen molar-refractivity contribution in [3.63, 3.8) is 0 Å². The zero-order chi connectivity index (χ0) is 25.8. The highest BCUT2D eigenvalue weighted by Gasteiger charge is 2.36. The van der Waals surface area contributed by atoms with E-state index in [0.717, 1.165) is 35.3 Å². The summed E-state index contributed by atoms with van der Waals surface area (Å²) in [5, 5.41) is 5.91. The summed E-state index contributed by atoms with van der Waals surface area (Å²) in [5.74, 6) is 0.556. The van der Waals surface area contributed by atoms with Gasteiger partial charge >= 0.3 is 0 Å². The van der Waals surface area contributed by atoms with Gasteiger partial charge in [0.2, 0.25) is 11.8 Å². The topological polar surface area (TPSA) is 90.1 Å². The van der Waals surface area contributed by atoms with Gasteiger partial charge in [-0.25, -0.2) is 4.98 Å². The summed E-state index contributed by atoms with van der Waals surface area (Å²) in [4.78, 5) is 36.2. The molecule has 190 valence electrons. The third kappa shape index (κ3) is 7.15. The van der Waals surface area contributed by atoms with Gasteiger partial charge in [0.15, 0.2) is 0 Å². The van der Waals surface area contributed by atoms with E-state index < -0.39 is 6.04 Å². The first kappa shape index (κ1) is 28.1. The Bertz CT molecular complexity index is 1020. The third-order valence-electron chi connectivity index (χ3n) is 5.98. The summed E-state index contributed by atoms with van der Waals surface area (Å²) in [6, 6.07) is 16.6. The second-order valence-electron chi connectivity index (χ2n) is 8.09. The van der Waals surface area contributed by atoms with E-state index in [0.29, 0.717) is 13.0 Å². The van der Waals surface area contributed by atoms with Gasteiger partial charge in [0.25, 0.3) is 0 Å². The molecular formula is C28H41N5O2. The summed E-state index contributed by atoms with van der Waals surface area (Å²) >= 11 is 0. The van der Waals surface area contributed by atoms with Gasteiger partial charge in [0.1, 0.15) is 11.9 Å². The lowest BCUT2D eigenvalue weighted by molar-refractivity contribution is -0.137. The lowest BCUT2D eigenvalue weighted by atomic mass is 10.0. The van der Waals surface area contributed by atoms with Gasteiger partial charge in [0.05, 0.1) is 23.1 Å². The van der Waals surface area contributed by atoms with E-state index in [2.05, 4.69) is 15.6 Å². The Balaban J connectivity index is 0.00000103. The summed E-state index contributed by atoms with van der Waals surface area (Å²) in [7, 11) is 1.73. The van der Waals surface area contributed by atoms with Gasteiger partial charge in [-0.05, 0) is 44.5 Å². The number of carbonyl (C=O) groups excluding carboxylic acids is 2. The number of hydrogen-bond acceptors (Lipinski definition) is 4. The molecular weight excluding hydrogens is 438 g/mol. The van der Waals surface area contributed by atoms with Crippen molar-refractivity contribution in [2.24, 2.45) is 0 Å². The van der Waals surface area contributed by atoms with Gasteiger partial charge in [0, 0.05) is 13.0 Å². The fourth-order valence-corrected chi connectivity index (χ4v) is 4.12. The van der Waals surface area contributed by atoms with Gasteiger partial charge < -0.3 is 20.5 Å². The minimum absolute atomic E-state index is 0.0662. The number of aromatic amines is 1. The number of para-hydroxylation sites is 2. The number of hydrogen-bond donors (Lipinski definition) is 3. The summed E-state index contributed by atoms with van der Waals surface area (Å²) < 4.78 is 0. The van der Waals surface area contributed by atoms with E-state index in [1.54, 1.807) is 14.0 Å². The number of likely N-dealkylation sites (N-methyl/N-ethyl adjacent to an activating group) is 1. The van der Waals surface area contributed by atoms with Crippen LogP contribution in [-0.2, 0) is 16.0 Å². The van der Waals surface area contributed by atoms with Gasteiger partial charge in [-0.3, -0.25) is 9.59 Å². The van der Waals surface area contributed by atoms with E-state index in [4.69, 9.17) is 4.98 Å². The first-order chi connectivity index (χ1) is 17.1. The molecule has 7 heteroatoms. The molecule has 0 bridgehead atoms. The van der Waals surface area contributed by atoms with E-state index >= 15 is 0 Å². The zero-order valence-electron chi connectivity index (χ0n) is 22.0. The van der Waals surface area contributed by atoms with Gasteiger partial charge in [-0.2, -0.15) is 0 Å². The Morgan fingerprint density at radius 3 is 2.37 bits per heavy atom. The largest absolute Gasteiger partial charge is 0.343 e. The van der Waals surface area contributed by atoms with Crippen molar-refractivity contribution in [1.82, 2.24) is 25.5 Å². The smallest absolute Gasteiger partial charge is 0.246 e. The number of carbonyl (C=O) groups is 2. The van der Waals surface area contributed by atoms with Crippen LogP contribution in [0.1, 0.15) is 64.9 Å². The number of nitrogens with one attached hydrogen (secondary N) is 3. The van der Waals surface area contributed by atoms with Crippen LogP contribution in [0.4, 0.5) is 0 Å². The molecule has 1 aliphatic rings. The summed E-state index contributed by atoms with van der Waals surface area (Å²) in [6.07, 6.45) is 2.21. The summed E-state index contributed by atoms with van der Waals surface area (Å²) in [6.45, 7) is 10.4. The monoisotopic (exact) mass is 479 g/mol. The predicted octanol–water partition coefficient (Wildman–Crippen LogP) is 4.61. The molecule has 0 unspecified atom stereocenters. The second kappa shape index (κ2) is 14.3. The van der Waals surface area contributed by atoms with E-state index in [9.17, 15) is 9.59 Å². The fraction of sp³-hybridized carbons (Fsp3) is 0.464. The standard InChI is InChI=1S/C24H29N5O2.2C2H6/c1-16(25-2)23(30)28-20(15-17-9-4-3-5-10-17)24(31)29-14-8-13-21(29)22-26-18-11-6-7-12-19(18)27-22;2*1-2/h3-7,9-12,16,20-21,25H,8,13-15H2,1-2H3,(H,26,27)(H,28,30);2*1-2H3/t16-,20-,21+;;/m0../s1. The number of benzene rings is 2. The molecule has 0 saturated carbocycles. The highest BCUT2D eigenvalue weighted by Crippen LogP contribution is 2.32. The first-order valence-corrected chi connectivity index (χ1v) is 12.8.